The van der Waals surface area contributed by atoms with Crippen molar-refractivity contribution in [2.24, 2.45) is 0 Å². The molecule has 1 heterocycles. The lowest BCUT2D eigenvalue weighted by molar-refractivity contribution is -0.125. The maximum absolute atomic E-state index is 13.1. The molecular formula is C21H26N2O5S. The third-order valence-corrected chi connectivity index (χ3v) is 6.77. The summed E-state index contributed by atoms with van der Waals surface area (Å²) in [5.41, 5.74) is 1.58. The molecule has 7 nitrogen and oxygen atoms in total. The number of fused-ring (bicyclic) bond motifs is 1. The maximum Gasteiger partial charge on any atom is 0.268 e. The molecule has 1 amide bonds. The Morgan fingerprint density at radius 1 is 1.17 bits per heavy atom. The van der Waals surface area contributed by atoms with Crippen LogP contribution in [0.3, 0.4) is 0 Å². The molecule has 8 heteroatoms. The Balaban J connectivity index is 1.82. The van der Waals surface area contributed by atoms with Crippen LogP contribution >= 0.6 is 0 Å². The molecule has 1 atom stereocenters. The molecule has 0 bridgehead atoms. The largest absolute Gasteiger partial charge is 0.497 e. The molecule has 0 unspecified atom stereocenters. The molecule has 0 aromatic heterocycles. The molecule has 0 radical (unpaired) electrons. The standard InChI is InChI=1S/C21H26N2O5S/c1-5-20(28-17-8-6-7-16(14-17)27-4)21(24)23-12-11-15-13-18(9-10-19(15)23)29(25,26)22(2)3/h6-10,13-14,20H,5,11-12H2,1-4H3/t20-/m0/s1. The first-order valence-electron chi connectivity index (χ1n) is 9.45. The van der Waals surface area contributed by atoms with Crippen LogP contribution in [-0.2, 0) is 21.2 Å². The van der Waals surface area contributed by atoms with Crippen LogP contribution in [0.15, 0.2) is 47.4 Å². The third kappa shape index (κ3) is 4.23. The van der Waals surface area contributed by atoms with Crippen molar-refractivity contribution in [1.82, 2.24) is 4.31 Å². The van der Waals surface area contributed by atoms with Gasteiger partial charge in [-0.1, -0.05) is 13.0 Å². The highest BCUT2D eigenvalue weighted by atomic mass is 32.2. The van der Waals surface area contributed by atoms with Gasteiger partial charge in [-0.25, -0.2) is 12.7 Å². The molecule has 2 aromatic carbocycles. The summed E-state index contributed by atoms with van der Waals surface area (Å²) in [6.45, 7) is 2.39. The van der Waals surface area contributed by atoms with Gasteiger partial charge in [0.1, 0.15) is 11.5 Å². The first kappa shape index (κ1) is 21.1. The number of rotatable bonds is 7. The first-order chi connectivity index (χ1) is 13.8. The van der Waals surface area contributed by atoms with Gasteiger partial charge in [0, 0.05) is 32.4 Å². The molecule has 0 saturated carbocycles. The van der Waals surface area contributed by atoms with Crippen LogP contribution in [0.1, 0.15) is 18.9 Å². The van der Waals surface area contributed by atoms with E-state index in [1.54, 1.807) is 42.3 Å². The van der Waals surface area contributed by atoms with Gasteiger partial charge in [0.05, 0.1) is 12.0 Å². The second-order valence-electron chi connectivity index (χ2n) is 7.01. The molecule has 29 heavy (non-hydrogen) atoms. The number of nitrogens with zero attached hydrogens (tertiary/aromatic N) is 2. The van der Waals surface area contributed by atoms with E-state index in [0.717, 1.165) is 11.3 Å². The van der Waals surface area contributed by atoms with Crippen LogP contribution in [0.25, 0.3) is 0 Å². The van der Waals surface area contributed by atoms with E-state index in [4.69, 9.17) is 9.47 Å². The Kier molecular flexibility index (Phi) is 6.14. The smallest absolute Gasteiger partial charge is 0.268 e. The van der Waals surface area contributed by atoms with Gasteiger partial charge in [-0.15, -0.1) is 0 Å². The van der Waals surface area contributed by atoms with Gasteiger partial charge in [0.25, 0.3) is 5.91 Å². The van der Waals surface area contributed by atoms with E-state index in [0.29, 0.717) is 30.9 Å². The van der Waals surface area contributed by atoms with Crippen molar-refractivity contribution in [3.05, 3.63) is 48.0 Å². The maximum atomic E-state index is 13.1. The van der Waals surface area contributed by atoms with Crippen LogP contribution < -0.4 is 14.4 Å². The van der Waals surface area contributed by atoms with Crippen LogP contribution in [0.2, 0.25) is 0 Å². The SMILES string of the molecule is CC[C@H](Oc1cccc(OC)c1)C(=O)N1CCc2cc(S(=O)(=O)N(C)C)ccc21. The normalized spacial score (nSPS) is 14.6. The average molecular weight is 419 g/mol. The molecule has 156 valence electrons. The van der Waals surface area contributed by atoms with Gasteiger partial charge in [-0.2, -0.15) is 0 Å². The minimum atomic E-state index is -3.51. The van der Waals surface area contributed by atoms with E-state index < -0.39 is 16.1 Å². The van der Waals surface area contributed by atoms with E-state index in [2.05, 4.69) is 0 Å². The molecular weight excluding hydrogens is 392 g/mol. The summed E-state index contributed by atoms with van der Waals surface area (Å²) in [7, 11) is 1.07. The number of hydrogen-bond donors (Lipinski definition) is 0. The number of benzene rings is 2. The molecule has 0 N–H and O–H groups in total. The lowest BCUT2D eigenvalue weighted by atomic mass is 10.1. The zero-order valence-electron chi connectivity index (χ0n) is 17.1. The predicted octanol–water partition coefficient (Wildman–Crippen LogP) is 2.69. The summed E-state index contributed by atoms with van der Waals surface area (Å²) >= 11 is 0. The average Bonchev–Trinajstić information content (AvgIpc) is 3.14. The quantitative estimate of drug-likeness (QED) is 0.691. The summed E-state index contributed by atoms with van der Waals surface area (Å²) in [5.74, 6) is 1.08. The molecule has 0 spiro atoms. The molecule has 0 saturated heterocycles. The number of ether oxygens (including phenoxy) is 2. The number of methoxy groups -OCH3 is 1. The first-order valence-corrected chi connectivity index (χ1v) is 10.9. The van der Waals surface area contributed by atoms with E-state index >= 15 is 0 Å². The zero-order valence-corrected chi connectivity index (χ0v) is 17.9. The second-order valence-corrected chi connectivity index (χ2v) is 9.16. The highest BCUT2D eigenvalue weighted by Crippen LogP contribution is 2.32. The van der Waals surface area contributed by atoms with Crippen molar-refractivity contribution in [3.8, 4) is 11.5 Å². The van der Waals surface area contributed by atoms with Gasteiger partial charge in [0.15, 0.2) is 6.10 Å². The lowest BCUT2D eigenvalue weighted by Crippen LogP contribution is -2.41. The Morgan fingerprint density at radius 3 is 2.55 bits per heavy atom. The van der Waals surface area contributed by atoms with Crippen molar-refractivity contribution in [2.75, 3.05) is 32.6 Å². The zero-order chi connectivity index (χ0) is 21.2. The van der Waals surface area contributed by atoms with Crippen molar-refractivity contribution in [1.29, 1.82) is 0 Å². The third-order valence-electron chi connectivity index (χ3n) is 4.96. The van der Waals surface area contributed by atoms with E-state index in [1.807, 2.05) is 19.1 Å². The van der Waals surface area contributed by atoms with E-state index in [1.165, 1.54) is 18.4 Å². The number of carbonyl (C=O) groups excluding carboxylic acids is 1. The molecule has 1 aliphatic rings. The van der Waals surface area contributed by atoms with Crippen LogP contribution in [0, 0.1) is 0 Å². The molecule has 0 fully saturated rings. The van der Waals surface area contributed by atoms with Gasteiger partial charge < -0.3 is 14.4 Å². The molecule has 2 aromatic rings. The summed E-state index contributed by atoms with van der Waals surface area (Å²) in [4.78, 5) is 15.0. The predicted molar refractivity (Wildman–Crippen MR) is 111 cm³/mol. The van der Waals surface area contributed by atoms with Gasteiger partial charge in [-0.3, -0.25) is 4.79 Å². The van der Waals surface area contributed by atoms with Crippen LogP contribution in [-0.4, -0.2) is 52.5 Å². The molecule has 1 aliphatic heterocycles. The number of anilines is 1. The van der Waals surface area contributed by atoms with Gasteiger partial charge in [-0.05, 0) is 48.7 Å². The number of amides is 1. The Bertz CT molecular complexity index is 1000. The Hall–Kier alpha value is -2.58. The summed E-state index contributed by atoms with van der Waals surface area (Å²) in [6.07, 6.45) is 0.473. The van der Waals surface area contributed by atoms with E-state index in [9.17, 15) is 13.2 Å². The Morgan fingerprint density at radius 2 is 1.90 bits per heavy atom. The monoisotopic (exact) mass is 418 g/mol. The second kappa shape index (κ2) is 8.42. The number of hydrogen-bond acceptors (Lipinski definition) is 5. The topological polar surface area (TPSA) is 76.1 Å². The van der Waals surface area contributed by atoms with Crippen molar-refractivity contribution in [3.63, 3.8) is 0 Å². The highest BCUT2D eigenvalue weighted by molar-refractivity contribution is 7.89. The van der Waals surface area contributed by atoms with Crippen LogP contribution in [0.4, 0.5) is 5.69 Å². The number of sulfonamides is 1. The van der Waals surface area contributed by atoms with Crippen molar-refractivity contribution >= 4 is 21.6 Å². The minimum Gasteiger partial charge on any atom is -0.497 e. The Labute approximate surface area is 171 Å². The van der Waals surface area contributed by atoms with Gasteiger partial charge >= 0.3 is 0 Å². The minimum absolute atomic E-state index is 0.141. The summed E-state index contributed by atoms with van der Waals surface area (Å²) in [6, 6.07) is 12.1. The fourth-order valence-corrected chi connectivity index (χ4v) is 4.25. The summed E-state index contributed by atoms with van der Waals surface area (Å²) in [5, 5.41) is 0. The highest BCUT2D eigenvalue weighted by Gasteiger charge is 2.32. The lowest BCUT2D eigenvalue weighted by Gasteiger charge is -2.24. The molecule has 0 aliphatic carbocycles. The summed E-state index contributed by atoms with van der Waals surface area (Å²) < 4.78 is 37.1. The fraction of sp³-hybridized carbons (Fsp3) is 0.381. The van der Waals surface area contributed by atoms with Crippen LogP contribution in [0.5, 0.6) is 11.5 Å². The molecule has 3 rings (SSSR count). The van der Waals surface area contributed by atoms with E-state index in [-0.39, 0.29) is 10.8 Å². The number of carbonyl (C=O) groups is 1. The fourth-order valence-electron chi connectivity index (χ4n) is 3.30. The van der Waals surface area contributed by atoms with Crippen molar-refractivity contribution in [2.45, 2.75) is 30.8 Å². The van der Waals surface area contributed by atoms with Crippen molar-refractivity contribution < 1.29 is 22.7 Å². The van der Waals surface area contributed by atoms with Gasteiger partial charge in [0.2, 0.25) is 10.0 Å².